The summed E-state index contributed by atoms with van der Waals surface area (Å²) in [6.45, 7) is 4.64. The quantitative estimate of drug-likeness (QED) is 0.527. The molecule has 0 heteroatoms. The van der Waals surface area contributed by atoms with E-state index in [1.165, 1.54) is 70.6 Å². The van der Waals surface area contributed by atoms with E-state index < -0.39 is 0 Å². The highest BCUT2D eigenvalue weighted by Crippen LogP contribution is 2.32. The summed E-state index contributed by atoms with van der Waals surface area (Å²) in [5.74, 6) is 10.3. The Morgan fingerprint density at radius 1 is 0.857 bits per heavy atom. The van der Waals surface area contributed by atoms with Gasteiger partial charge in [0.25, 0.3) is 0 Å². The van der Waals surface area contributed by atoms with E-state index in [1.54, 1.807) is 0 Å². The van der Waals surface area contributed by atoms with Crippen molar-refractivity contribution in [1.29, 1.82) is 0 Å². The van der Waals surface area contributed by atoms with E-state index in [0.717, 1.165) is 17.8 Å². The maximum Gasteiger partial charge on any atom is 0.0206 e. The highest BCUT2D eigenvalue weighted by molar-refractivity contribution is 5.18. The average molecular weight is 287 g/mol. The molecule has 2 aliphatic carbocycles. The van der Waals surface area contributed by atoms with E-state index in [4.69, 9.17) is 0 Å². The van der Waals surface area contributed by atoms with Crippen molar-refractivity contribution >= 4 is 0 Å². The van der Waals surface area contributed by atoms with Crippen molar-refractivity contribution in [2.45, 2.75) is 84.5 Å². The SMILES string of the molecule is CCC[C@H]1CC[C@H](/C=C/C#C[C@H]2CC[C@H](CC)CC2)CC1. The summed E-state index contributed by atoms with van der Waals surface area (Å²) in [5, 5.41) is 0. The molecule has 21 heavy (non-hydrogen) atoms. The van der Waals surface area contributed by atoms with Gasteiger partial charge in [0.15, 0.2) is 0 Å². The lowest BCUT2D eigenvalue weighted by Gasteiger charge is -2.26. The smallest absolute Gasteiger partial charge is 0.0206 e. The van der Waals surface area contributed by atoms with Crippen LogP contribution in [0.25, 0.3) is 0 Å². The Morgan fingerprint density at radius 2 is 1.52 bits per heavy atom. The second kappa shape index (κ2) is 9.34. The second-order valence-corrected chi connectivity index (χ2v) is 7.34. The van der Waals surface area contributed by atoms with Crippen molar-refractivity contribution in [3.8, 4) is 11.8 Å². The number of hydrogen-bond acceptors (Lipinski definition) is 0. The second-order valence-electron chi connectivity index (χ2n) is 7.34. The molecule has 0 N–H and O–H groups in total. The molecular formula is C21H34. The van der Waals surface area contributed by atoms with E-state index in [2.05, 4.69) is 37.8 Å². The lowest BCUT2D eigenvalue weighted by molar-refractivity contribution is 0.294. The lowest BCUT2D eigenvalue weighted by Crippen LogP contribution is -2.12. The van der Waals surface area contributed by atoms with Crippen LogP contribution in [0.1, 0.15) is 84.5 Å². The van der Waals surface area contributed by atoms with Crippen LogP contribution in [-0.2, 0) is 0 Å². The fourth-order valence-corrected chi connectivity index (χ4v) is 4.14. The summed E-state index contributed by atoms with van der Waals surface area (Å²) < 4.78 is 0. The molecule has 0 aliphatic heterocycles. The highest BCUT2D eigenvalue weighted by Gasteiger charge is 2.19. The van der Waals surface area contributed by atoms with Gasteiger partial charge in [-0.15, -0.1) is 0 Å². The fraction of sp³-hybridized carbons (Fsp3) is 0.810. The van der Waals surface area contributed by atoms with Crippen LogP contribution in [0.5, 0.6) is 0 Å². The molecule has 0 aromatic heterocycles. The molecule has 0 nitrogen and oxygen atoms in total. The van der Waals surface area contributed by atoms with Gasteiger partial charge in [0.05, 0.1) is 0 Å². The Hall–Kier alpha value is -0.700. The Bertz CT molecular complexity index is 351. The van der Waals surface area contributed by atoms with Gasteiger partial charge in [0, 0.05) is 5.92 Å². The number of allylic oxidation sites excluding steroid dienone is 2. The van der Waals surface area contributed by atoms with Crippen LogP contribution in [0.4, 0.5) is 0 Å². The predicted molar refractivity (Wildman–Crippen MR) is 93.0 cm³/mol. The van der Waals surface area contributed by atoms with Gasteiger partial charge in [0.2, 0.25) is 0 Å². The molecule has 0 bridgehead atoms. The molecule has 0 unspecified atom stereocenters. The zero-order valence-electron chi connectivity index (χ0n) is 14.2. The van der Waals surface area contributed by atoms with E-state index in [0.29, 0.717) is 5.92 Å². The van der Waals surface area contributed by atoms with E-state index in [1.807, 2.05) is 0 Å². The maximum atomic E-state index is 3.50. The molecule has 0 radical (unpaired) electrons. The molecule has 0 heterocycles. The molecule has 2 fully saturated rings. The zero-order valence-corrected chi connectivity index (χ0v) is 14.2. The topological polar surface area (TPSA) is 0 Å². The molecule has 0 aromatic rings. The van der Waals surface area contributed by atoms with Crippen LogP contribution < -0.4 is 0 Å². The van der Waals surface area contributed by atoms with E-state index in [-0.39, 0.29) is 0 Å². The van der Waals surface area contributed by atoms with Crippen LogP contribution in [-0.4, -0.2) is 0 Å². The van der Waals surface area contributed by atoms with Gasteiger partial charge in [-0.2, -0.15) is 0 Å². The van der Waals surface area contributed by atoms with Gasteiger partial charge in [-0.3, -0.25) is 0 Å². The normalized spacial score (nSPS) is 33.6. The largest absolute Gasteiger partial charge is 0.0951 e. The third-order valence-electron chi connectivity index (χ3n) is 5.75. The van der Waals surface area contributed by atoms with Gasteiger partial charge in [-0.05, 0) is 75.2 Å². The Labute approximate surface area is 132 Å². The van der Waals surface area contributed by atoms with Crippen molar-refractivity contribution in [2.24, 2.45) is 23.7 Å². The predicted octanol–water partition coefficient (Wildman–Crippen LogP) is 6.37. The highest BCUT2D eigenvalue weighted by atomic mass is 14.2. The molecule has 0 spiro atoms. The average Bonchev–Trinajstić information content (AvgIpc) is 2.54. The van der Waals surface area contributed by atoms with Crippen LogP contribution in [0.2, 0.25) is 0 Å². The molecule has 2 aliphatic rings. The van der Waals surface area contributed by atoms with E-state index >= 15 is 0 Å². The summed E-state index contributed by atoms with van der Waals surface area (Å²) in [6, 6.07) is 0. The molecular weight excluding hydrogens is 252 g/mol. The Kier molecular flexibility index (Phi) is 7.42. The fourth-order valence-electron chi connectivity index (χ4n) is 4.14. The van der Waals surface area contributed by atoms with E-state index in [9.17, 15) is 0 Å². The summed E-state index contributed by atoms with van der Waals surface area (Å²) in [4.78, 5) is 0. The molecule has 0 atom stereocenters. The minimum absolute atomic E-state index is 0.678. The van der Waals surface area contributed by atoms with Crippen molar-refractivity contribution in [2.75, 3.05) is 0 Å². The first-order valence-corrected chi connectivity index (χ1v) is 9.49. The Balaban J connectivity index is 1.66. The van der Waals surface area contributed by atoms with Gasteiger partial charge in [0.1, 0.15) is 0 Å². The Morgan fingerprint density at radius 3 is 2.14 bits per heavy atom. The van der Waals surface area contributed by atoms with Gasteiger partial charge >= 0.3 is 0 Å². The van der Waals surface area contributed by atoms with Crippen molar-refractivity contribution in [3.05, 3.63) is 12.2 Å². The first-order chi connectivity index (χ1) is 10.3. The van der Waals surface area contributed by atoms with Crippen molar-refractivity contribution in [1.82, 2.24) is 0 Å². The number of hydrogen-bond donors (Lipinski definition) is 0. The van der Waals surface area contributed by atoms with Gasteiger partial charge in [-0.25, -0.2) is 0 Å². The molecule has 0 aromatic carbocycles. The molecule has 0 amide bonds. The first kappa shape index (κ1) is 16.7. The number of rotatable bonds is 4. The van der Waals surface area contributed by atoms with Crippen molar-refractivity contribution < 1.29 is 0 Å². The van der Waals surface area contributed by atoms with Crippen molar-refractivity contribution in [3.63, 3.8) is 0 Å². The van der Waals surface area contributed by atoms with Gasteiger partial charge in [-0.1, -0.05) is 51.0 Å². The van der Waals surface area contributed by atoms with Crippen LogP contribution in [0.3, 0.4) is 0 Å². The monoisotopic (exact) mass is 286 g/mol. The molecule has 0 saturated heterocycles. The summed E-state index contributed by atoms with van der Waals surface area (Å²) in [6.07, 6.45) is 19.9. The summed E-state index contributed by atoms with van der Waals surface area (Å²) in [7, 11) is 0. The van der Waals surface area contributed by atoms with Gasteiger partial charge < -0.3 is 0 Å². The third kappa shape index (κ3) is 5.90. The molecule has 118 valence electrons. The minimum atomic E-state index is 0.678. The standard InChI is InChI=1S/C21H34/c1-3-7-19-14-16-21(17-15-19)9-6-5-8-20-12-10-18(4-2)11-13-20/h6,9,18-21H,3-4,7,10-17H2,1-2H3/b9-6+/t18-,19-,20-,21-. The van der Waals surface area contributed by atoms with Crippen LogP contribution in [0, 0.1) is 35.5 Å². The first-order valence-electron chi connectivity index (χ1n) is 9.49. The summed E-state index contributed by atoms with van der Waals surface area (Å²) >= 11 is 0. The maximum absolute atomic E-state index is 3.50. The lowest BCUT2D eigenvalue weighted by atomic mass is 9.80. The third-order valence-corrected chi connectivity index (χ3v) is 5.75. The summed E-state index contributed by atoms with van der Waals surface area (Å²) in [5.41, 5.74) is 0. The molecule has 2 rings (SSSR count). The van der Waals surface area contributed by atoms with Crippen LogP contribution in [0.15, 0.2) is 12.2 Å². The zero-order chi connectivity index (χ0) is 14.9. The minimum Gasteiger partial charge on any atom is -0.0951 e. The van der Waals surface area contributed by atoms with Crippen LogP contribution >= 0.6 is 0 Å². The molecule has 2 saturated carbocycles.